The van der Waals surface area contributed by atoms with Gasteiger partial charge in [0.1, 0.15) is 27.2 Å². The molecular weight excluding hydrogens is 957 g/mol. The van der Waals surface area contributed by atoms with Crippen LogP contribution in [-0.4, -0.2) is 92.2 Å². The molecule has 6 aromatic rings. The first-order chi connectivity index (χ1) is 33.4. The molecule has 69 heavy (non-hydrogen) atoms. The van der Waals surface area contributed by atoms with E-state index < -0.39 is 5.60 Å². The summed E-state index contributed by atoms with van der Waals surface area (Å²) in [4.78, 5) is 54.9. The second kappa shape index (κ2) is 22.2. The third-order valence-corrected chi connectivity index (χ3v) is 16.8. The smallest absolute Gasteiger partial charge is 0.410 e. The van der Waals surface area contributed by atoms with Gasteiger partial charge in [-0.05, 0) is 77.0 Å². The number of fused-ring (bicyclic) bond motifs is 6. The molecule has 1 amide bonds. The summed E-state index contributed by atoms with van der Waals surface area (Å²) >= 11 is 6.69. The number of amides is 1. The first-order valence-corrected chi connectivity index (χ1v) is 27.1. The SMILES string of the molecule is COCCCCCC(=O)Cc1sc2c(c1-c1nc3cc4c(cc3s1)OCO4)CCN(C(=O)OC(C)(C)C)C2.COCCCCCC(=O)Cc1sc2c(c1-c1nc3cc4c(cc3s1)OCO4)CCNC2. The molecule has 0 atom stereocenters. The van der Waals surface area contributed by atoms with Crippen molar-refractivity contribution < 1.29 is 47.5 Å². The van der Waals surface area contributed by atoms with Crippen LogP contribution < -0.4 is 24.3 Å². The van der Waals surface area contributed by atoms with Gasteiger partial charge in [-0.1, -0.05) is 12.8 Å². The van der Waals surface area contributed by atoms with Crippen LogP contribution in [0.4, 0.5) is 4.79 Å². The van der Waals surface area contributed by atoms with Gasteiger partial charge in [0, 0.05) is 121 Å². The lowest BCUT2D eigenvalue weighted by Gasteiger charge is -2.30. The highest BCUT2D eigenvalue weighted by Gasteiger charge is 2.32. The molecule has 0 bridgehead atoms. The quantitative estimate of drug-likeness (QED) is 0.0812. The normalized spacial score (nSPS) is 14.8. The van der Waals surface area contributed by atoms with E-state index in [1.54, 1.807) is 64.5 Å². The Bertz CT molecular complexity index is 2740. The molecule has 0 saturated heterocycles. The van der Waals surface area contributed by atoms with Crippen molar-refractivity contribution in [3.8, 4) is 44.1 Å². The second-order valence-corrected chi connectivity index (χ2v) is 23.0. The van der Waals surface area contributed by atoms with Gasteiger partial charge < -0.3 is 43.4 Å². The lowest BCUT2D eigenvalue weighted by molar-refractivity contribution is -0.119. The average Bonchev–Trinajstić information content (AvgIpc) is 4.19. The molecule has 4 aliphatic heterocycles. The molecule has 2 aromatic carbocycles. The van der Waals surface area contributed by atoms with Gasteiger partial charge in [0.05, 0.1) is 27.0 Å². The number of hydrogen-bond acceptors (Lipinski definition) is 17. The summed E-state index contributed by atoms with van der Waals surface area (Å²) in [6.45, 7) is 10.5. The maximum Gasteiger partial charge on any atom is 0.410 e. The Morgan fingerprint density at radius 3 is 1.70 bits per heavy atom. The van der Waals surface area contributed by atoms with E-state index >= 15 is 0 Å². The fraction of sp³-hybridized carbons (Fsp3) is 0.510. The Labute approximate surface area is 418 Å². The summed E-state index contributed by atoms with van der Waals surface area (Å²) < 4.78 is 40.1. The second-order valence-electron chi connectivity index (χ2n) is 18.6. The zero-order valence-electron chi connectivity index (χ0n) is 40.0. The van der Waals surface area contributed by atoms with Gasteiger partial charge in [-0.15, -0.1) is 45.3 Å². The largest absolute Gasteiger partial charge is 0.454 e. The molecule has 0 fully saturated rings. The van der Waals surface area contributed by atoms with Crippen molar-refractivity contribution in [2.45, 2.75) is 117 Å². The molecule has 8 heterocycles. The molecule has 0 radical (unpaired) electrons. The third-order valence-electron chi connectivity index (χ3n) is 12.3. The van der Waals surface area contributed by atoms with Crippen LogP contribution in [0.2, 0.25) is 0 Å². The van der Waals surface area contributed by atoms with E-state index in [9.17, 15) is 14.4 Å². The minimum Gasteiger partial charge on any atom is -0.454 e. The maximum absolute atomic E-state index is 13.0. The summed E-state index contributed by atoms with van der Waals surface area (Å²) in [6.07, 6.45) is 9.20. The van der Waals surface area contributed by atoms with Crippen LogP contribution in [0, 0.1) is 0 Å². The van der Waals surface area contributed by atoms with Crippen molar-refractivity contribution in [2.24, 2.45) is 0 Å². The molecule has 4 aliphatic rings. The van der Waals surface area contributed by atoms with E-state index in [4.69, 9.17) is 43.1 Å². The fourth-order valence-electron chi connectivity index (χ4n) is 8.96. The standard InChI is InChI=1S/C28H34N2O6S2.C23H26N2O4S2/c1-28(2,3)36-27(32)30-10-9-18-24(15-30)37-23(12-17(31)8-6-5-7-11-33-4)25(18)26-29-19-13-20-21(35-16-34-20)14-22(19)38-26;1-27-8-4-2-3-5-14(26)9-20-22(15-6-7-24-12-21(15)30-20)23-25-16-10-17-18(29-13-28-17)11-19(16)31-23/h13-14H,5-12,15-16H2,1-4H3;10-11,24H,2-9,12-13H2,1H3. The van der Waals surface area contributed by atoms with Crippen molar-refractivity contribution in [1.82, 2.24) is 20.2 Å². The van der Waals surface area contributed by atoms with Gasteiger partial charge in [0.25, 0.3) is 0 Å². The number of thiophene rings is 2. The van der Waals surface area contributed by atoms with E-state index in [2.05, 4.69) is 5.32 Å². The first kappa shape index (κ1) is 49.3. The molecule has 1 N–H and O–H groups in total. The Kier molecular flexibility index (Phi) is 15.8. The monoisotopic (exact) mass is 1020 g/mol. The number of carbonyl (C=O) groups is 3. The molecule has 0 saturated carbocycles. The van der Waals surface area contributed by atoms with Crippen LogP contribution in [0.3, 0.4) is 0 Å². The number of Topliss-reactive ketones (excluding diaryl/α,β-unsaturated/α-hetero) is 2. The van der Waals surface area contributed by atoms with E-state index in [0.29, 0.717) is 56.7 Å². The van der Waals surface area contributed by atoms with E-state index in [1.165, 1.54) is 21.6 Å². The number of ketones is 2. The molecule has 368 valence electrons. The number of hydrogen-bond donors (Lipinski definition) is 1. The van der Waals surface area contributed by atoms with Gasteiger partial charge in [0.15, 0.2) is 23.0 Å². The summed E-state index contributed by atoms with van der Waals surface area (Å²) in [5, 5.41) is 5.36. The molecule has 18 heteroatoms. The van der Waals surface area contributed by atoms with Crippen molar-refractivity contribution >= 4 is 83.4 Å². The molecule has 14 nitrogen and oxygen atoms in total. The first-order valence-electron chi connectivity index (χ1n) is 23.8. The predicted octanol–water partition coefficient (Wildman–Crippen LogP) is 11.1. The van der Waals surface area contributed by atoms with Crippen LogP contribution in [-0.2, 0) is 62.6 Å². The molecule has 4 aromatic heterocycles. The minimum atomic E-state index is -0.548. The fourth-order valence-corrected chi connectivity index (χ4v) is 14.0. The lowest BCUT2D eigenvalue weighted by atomic mass is 9.99. The highest BCUT2D eigenvalue weighted by molar-refractivity contribution is 7.22. The molecule has 10 rings (SSSR count). The van der Waals surface area contributed by atoms with Crippen molar-refractivity contribution in [3.63, 3.8) is 0 Å². The lowest BCUT2D eigenvalue weighted by Crippen LogP contribution is -2.39. The minimum absolute atomic E-state index is 0.226. The van der Waals surface area contributed by atoms with Crippen LogP contribution in [0.5, 0.6) is 23.0 Å². The summed E-state index contributed by atoms with van der Waals surface area (Å²) in [5.41, 5.74) is 6.04. The summed E-state index contributed by atoms with van der Waals surface area (Å²) in [6, 6.07) is 7.88. The van der Waals surface area contributed by atoms with Crippen LogP contribution in [0.1, 0.15) is 103 Å². The van der Waals surface area contributed by atoms with Crippen molar-refractivity contribution in [2.75, 3.05) is 54.1 Å². The van der Waals surface area contributed by atoms with Gasteiger partial charge in [0.2, 0.25) is 13.6 Å². The number of ether oxygens (including phenoxy) is 7. The van der Waals surface area contributed by atoms with Crippen LogP contribution in [0.15, 0.2) is 24.3 Å². The number of methoxy groups -OCH3 is 2. The number of carbonyl (C=O) groups excluding carboxylic acids is 3. The van der Waals surface area contributed by atoms with E-state index in [0.717, 1.165) is 139 Å². The van der Waals surface area contributed by atoms with Crippen LogP contribution in [0.25, 0.3) is 41.6 Å². The third kappa shape index (κ3) is 11.8. The number of benzene rings is 2. The van der Waals surface area contributed by atoms with Crippen molar-refractivity contribution in [3.05, 3.63) is 54.9 Å². The zero-order valence-corrected chi connectivity index (χ0v) is 43.3. The Balaban J connectivity index is 0.000000175. The predicted molar refractivity (Wildman–Crippen MR) is 272 cm³/mol. The number of unbranched alkanes of at least 4 members (excludes halogenated alkanes) is 4. The molecule has 0 spiro atoms. The number of rotatable bonds is 18. The Morgan fingerprint density at radius 1 is 0.667 bits per heavy atom. The van der Waals surface area contributed by atoms with Gasteiger partial charge in [-0.3, -0.25) is 9.59 Å². The highest BCUT2D eigenvalue weighted by Crippen LogP contribution is 2.47. The van der Waals surface area contributed by atoms with Gasteiger partial charge in [-0.2, -0.15) is 0 Å². The van der Waals surface area contributed by atoms with Crippen LogP contribution >= 0.6 is 45.3 Å². The van der Waals surface area contributed by atoms with Gasteiger partial charge >= 0.3 is 6.09 Å². The number of aromatic nitrogens is 2. The topological polar surface area (TPSA) is 157 Å². The molecule has 0 unspecified atom stereocenters. The molecule has 0 aliphatic carbocycles. The average molecular weight is 1020 g/mol. The van der Waals surface area contributed by atoms with E-state index in [1.807, 2.05) is 45.0 Å². The van der Waals surface area contributed by atoms with E-state index in [-0.39, 0.29) is 25.5 Å². The molecular formula is C51H60N4O10S4. The maximum atomic E-state index is 13.0. The number of nitrogens with zero attached hydrogens (tertiary/aromatic N) is 3. The summed E-state index contributed by atoms with van der Waals surface area (Å²) in [7, 11) is 3.42. The Hall–Kier alpha value is -4.69. The highest BCUT2D eigenvalue weighted by atomic mass is 32.1. The number of thiazole rings is 2. The van der Waals surface area contributed by atoms with Crippen molar-refractivity contribution in [1.29, 1.82) is 0 Å². The Morgan fingerprint density at radius 2 is 1.17 bits per heavy atom. The van der Waals surface area contributed by atoms with Gasteiger partial charge in [-0.25, -0.2) is 14.8 Å². The zero-order chi connectivity index (χ0) is 48.1. The summed E-state index contributed by atoms with van der Waals surface area (Å²) in [5.74, 6) is 3.52. The number of nitrogens with one attached hydrogen (secondary N) is 1.